The van der Waals surface area contributed by atoms with Crippen LogP contribution in [0.15, 0.2) is 18.2 Å². The highest BCUT2D eigenvalue weighted by molar-refractivity contribution is 5.56. The molecule has 114 valence electrons. The van der Waals surface area contributed by atoms with E-state index in [1.165, 1.54) is 19.2 Å². The van der Waals surface area contributed by atoms with Gasteiger partial charge in [0.2, 0.25) is 0 Å². The number of benzene rings is 1. The standard InChI is InChI=1S/C14H16F3N3O/c1-8-11(9(2)20-19-8)7-18-13-5-4-10(21-3)6-12(13)14(15,16)17/h4-6,18H,7H2,1-3H3,(H,19,20). The van der Waals surface area contributed by atoms with Crippen LogP contribution in [0.3, 0.4) is 0 Å². The quantitative estimate of drug-likeness (QED) is 0.905. The van der Waals surface area contributed by atoms with E-state index in [-0.39, 0.29) is 18.0 Å². The number of hydrogen-bond acceptors (Lipinski definition) is 3. The Kier molecular flexibility index (Phi) is 4.11. The van der Waals surface area contributed by atoms with E-state index < -0.39 is 11.7 Å². The maximum absolute atomic E-state index is 13.1. The first-order valence-corrected chi connectivity index (χ1v) is 6.32. The molecule has 2 N–H and O–H groups in total. The molecule has 0 aliphatic rings. The van der Waals surface area contributed by atoms with E-state index in [4.69, 9.17) is 4.74 Å². The van der Waals surface area contributed by atoms with Crippen LogP contribution >= 0.6 is 0 Å². The van der Waals surface area contributed by atoms with Crippen LogP contribution < -0.4 is 10.1 Å². The lowest BCUT2D eigenvalue weighted by atomic mass is 10.1. The van der Waals surface area contributed by atoms with Crippen LogP contribution in [0.2, 0.25) is 0 Å². The zero-order chi connectivity index (χ0) is 15.6. The Morgan fingerprint density at radius 2 is 2.00 bits per heavy atom. The first-order valence-electron chi connectivity index (χ1n) is 6.32. The van der Waals surface area contributed by atoms with Crippen LogP contribution in [-0.2, 0) is 12.7 Å². The van der Waals surface area contributed by atoms with Gasteiger partial charge < -0.3 is 10.1 Å². The molecule has 0 saturated carbocycles. The number of nitrogens with one attached hydrogen (secondary N) is 2. The molecular formula is C14H16F3N3O. The number of anilines is 1. The topological polar surface area (TPSA) is 49.9 Å². The predicted molar refractivity (Wildman–Crippen MR) is 73.4 cm³/mol. The molecule has 0 aliphatic carbocycles. The largest absolute Gasteiger partial charge is 0.497 e. The summed E-state index contributed by atoms with van der Waals surface area (Å²) in [6.07, 6.45) is -4.45. The summed E-state index contributed by atoms with van der Waals surface area (Å²) in [7, 11) is 1.33. The van der Waals surface area contributed by atoms with Crippen molar-refractivity contribution < 1.29 is 17.9 Å². The van der Waals surface area contributed by atoms with Crippen molar-refractivity contribution in [3.63, 3.8) is 0 Å². The monoisotopic (exact) mass is 299 g/mol. The van der Waals surface area contributed by atoms with Crippen LogP contribution in [0.25, 0.3) is 0 Å². The zero-order valence-electron chi connectivity index (χ0n) is 11.9. The molecule has 21 heavy (non-hydrogen) atoms. The van der Waals surface area contributed by atoms with Gasteiger partial charge in [-0.3, -0.25) is 5.10 Å². The van der Waals surface area contributed by atoms with Gasteiger partial charge in [0, 0.05) is 23.5 Å². The number of alkyl halides is 3. The van der Waals surface area contributed by atoms with Gasteiger partial charge in [-0.1, -0.05) is 0 Å². The van der Waals surface area contributed by atoms with Gasteiger partial charge in [0.05, 0.1) is 18.4 Å². The Labute approximate surface area is 120 Å². The average molecular weight is 299 g/mol. The number of hydrogen-bond donors (Lipinski definition) is 2. The fraction of sp³-hybridized carbons (Fsp3) is 0.357. The Morgan fingerprint density at radius 1 is 1.29 bits per heavy atom. The van der Waals surface area contributed by atoms with Gasteiger partial charge in [-0.25, -0.2) is 0 Å². The van der Waals surface area contributed by atoms with Crippen LogP contribution in [0.5, 0.6) is 5.75 Å². The molecule has 0 fully saturated rings. The summed E-state index contributed by atoms with van der Waals surface area (Å²) in [4.78, 5) is 0. The second-order valence-electron chi connectivity index (χ2n) is 4.68. The number of rotatable bonds is 4. The Bertz CT molecular complexity index is 615. The lowest BCUT2D eigenvalue weighted by Gasteiger charge is -2.16. The number of H-pyrrole nitrogens is 1. The van der Waals surface area contributed by atoms with Crippen molar-refractivity contribution in [3.8, 4) is 5.75 Å². The van der Waals surface area contributed by atoms with E-state index in [0.717, 1.165) is 23.0 Å². The van der Waals surface area contributed by atoms with Gasteiger partial charge in [0.15, 0.2) is 0 Å². The van der Waals surface area contributed by atoms with Crippen LogP contribution in [0, 0.1) is 13.8 Å². The van der Waals surface area contributed by atoms with Gasteiger partial charge in [0.25, 0.3) is 0 Å². The van der Waals surface area contributed by atoms with Crippen molar-refractivity contribution >= 4 is 5.69 Å². The second-order valence-corrected chi connectivity index (χ2v) is 4.68. The number of halogens is 3. The molecule has 0 amide bonds. The first kappa shape index (κ1) is 15.2. The summed E-state index contributed by atoms with van der Waals surface area (Å²) in [5.74, 6) is 0.170. The summed E-state index contributed by atoms with van der Waals surface area (Å²) >= 11 is 0. The van der Waals surface area contributed by atoms with E-state index in [9.17, 15) is 13.2 Å². The SMILES string of the molecule is COc1ccc(NCc2c(C)n[nH]c2C)c(C(F)(F)F)c1. The molecule has 4 nitrogen and oxygen atoms in total. The van der Waals surface area contributed by atoms with Crippen LogP contribution in [-0.4, -0.2) is 17.3 Å². The maximum atomic E-state index is 13.1. The molecule has 1 aromatic carbocycles. The van der Waals surface area contributed by atoms with E-state index in [1.54, 1.807) is 6.92 Å². The lowest BCUT2D eigenvalue weighted by molar-refractivity contribution is -0.137. The van der Waals surface area contributed by atoms with Crippen molar-refractivity contribution in [2.24, 2.45) is 0 Å². The highest BCUT2D eigenvalue weighted by atomic mass is 19.4. The summed E-state index contributed by atoms with van der Waals surface area (Å²) in [6.45, 7) is 3.90. The number of aromatic amines is 1. The lowest BCUT2D eigenvalue weighted by Crippen LogP contribution is -2.11. The number of nitrogens with zero attached hydrogens (tertiary/aromatic N) is 1. The smallest absolute Gasteiger partial charge is 0.418 e. The molecule has 1 aromatic heterocycles. The van der Waals surface area contributed by atoms with Gasteiger partial charge in [-0.15, -0.1) is 0 Å². The Morgan fingerprint density at radius 3 is 2.52 bits per heavy atom. The molecule has 0 bridgehead atoms. The molecule has 0 radical (unpaired) electrons. The van der Waals surface area contributed by atoms with Crippen molar-refractivity contribution in [3.05, 3.63) is 40.7 Å². The predicted octanol–water partition coefficient (Wildman–Crippen LogP) is 3.67. The zero-order valence-corrected chi connectivity index (χ0v) is 11.9. The Balaban J connectivity index is 2.28. The van der Waals surface area contributed by atoms with Gasteiger partial charge in [-0.05, 0) is 32.0 Å². The molecule has 1 heterocycles. The maximum Gasteiger partial charge on any atom is 0.418 e. The molecule has 0 atom stereocenters. The summed E-state index contributed by atoms with van der Waals surface area (Å²) < 4.78 is 44.1. The molecular weight excluding hydrogens is 283 g/mol. The molecule has 2 aromatic rings. The van der Waals surface area contributed by atoms with Crippen LogP contribution in [0.4, 0.5) is 18.9 Å². The number of aryl methyl sites for hydroxylation is 2. The first-order chi connectivity index (χ1) is 9.82. The normalized spacial score (nSPS) is 11.5. The molecule has 0 saturated heterocycles. The Hall–Kier alpha value is -2.18. The second kappa shape index (κ2) is 5.67. The van der Waals surface area contributed by atoms with Crippen molar-refractivity contribution in [2.45, 2.75) is 26.6 Å². The molecule has 2 rings (SSSR count). The fourth-order valence-electron chi connectivity index (χ4n) is 2.06. The van der Waals surface area contributed by atoms with Gasteiger partial charge >= 0.3 is 6.18 Å². The molecule has 0 unspecified atom stereocenters. The summed E-state index contributed by atoms with van der Waals surface area (Å²) in [5, 5.41) is 9.64. The van der Waals surface area contributed by atoms with Gasteiger partial charge in [-0.2, -0.15) is 18.3 Å². The van der Waals surface area contributed by atoms with E-state index >= 15 is 0 Å². The van der Waals surface area contributed by atoms with Crippen molar-refractivity contribution in [2.75, 3.05) is 12.4 Å². The fourth-order valence-corrected chi connectivity index (χ4v) is 2.06. The van der Waals surface area contributed by atoms with Gasteiger partial charge in [0.1, 0.15) is 5.75 Å². The highest BCUT2D eigenvalue weighted by Crippen LogP contribution is 2.37. The number of methoxy groups -OCH3 is 1. The summed E-state index contributed by atoms with van der Waals surface area (Å²) in [5.41, 5.74) is 1.73. The number of aromatic nitrogens is 2. The molecule has 0 aliphatic heterocycles. The minimum Gasteiger partial charge on any atom is -0.497 e. The van der Waals surface area contributed by atoms with E-state index in [0.29, 0.717) is 0 Å². The average Bonchev–Trinajstić information content (AvgIpc) is 2.74. The van der Waals surface area contributed by atoms with Crippen molar-refractivity contribution in [1.82, 2.24) is 10.2 Å². The molecule has 7 heteroatoms. The minimum absolute atomic E-state index is 0.0169. The minimum atomic E-state index is -4.45. The third-order valence-corrected chi connectivity index (χ3v) is 3.27. The number of ether oxygens (including phenoxy) is 1. The third kappa shape index (κ3) is 3.29. The summed E-state index contributed by atoms with van der Waals surface area (Å²) in [6, 6.07) is 3.84. The van der Waals surface area contributed by atoms with E-state index in [1.807, 2.05) is 6.92 Å². The molecule has 0 spiro atoms. The van der Waals surface area contributed by atoms with Crippen LogP contribution in [0.1, 0.15) is 22.5 Å². The van der Waals surface area contributed by atoms with Crippen molar-refractivity contribution in [1.29, 1.82) is 0 Å². The van der Waals surface area contributed by atoms with E-state index in [2.05, 4.69) is 15.5 Å². The highest BCUT2D eigenvalue weighted by Gasteiger charge is 2.34. The third-order valence-electron chi connectivity index (χ3n) is 3.27.